The first-order valence-electron chi connectivity index (χ1n) is 9.06. The number of aliphatic carboxylic acids is 1. The zero-order valence-corrected chi connectivity index (χ0v) is 14.5. The third-order valence-corrected chi connectivity index (χ3v) is 3.93. The number of hydrogen-bond acceptors (Lipinski definition) is 2. The van der Waals surface area contributed by atoms with Gasteiger partial charge in [-0.1, -0.05) is 56.2 Å². The van der Waals surface area contributed by atoms with E-state index in [1.807, 2.05) is 0 Å². The molecule has 0 aromatic heterocycles. The Hall–Kier alpha value is -1.35. The van der Waals surface area contributed by atoms with Crippen molar-refractivity contribution in [2.75, 3.05) is 0 Å². The van der Waals surface area contributed by atoms with Crippen molar-refractivity contribution < 1.29 is 14.6 Å². The summed E-state index contributed by atoms with van der Waals surface area (Å²) in [4.78, 5) is 10.3. The van der Waals surface area contributed by atoms with Gasteiger partial charge in [-0.3, -0.25) is 4.79 Å². The smallest absolute Gasteiger partial charge is 0.303 e. The number of carbonyl (C=O) groups is 1. The highest BCUT2D eigenvalue weighted by atomic mass is 16.6. The van der Waals surface area contributed by atoms with E-state index in [1.54, 1.807) is 0 Å². The fraction of sp³-hybridized carbons (Fsp3) is 0.650. The van der Waals surface area contributed by atoms with Gasteiger partial charge in [-0.2, -0.15) is 0 Å². The molecule has 3 nitrogen and oxygen atoms in total. The lowest BCUT2D eigenvalue weighted by Gasteiger charge is -1.91. The first-order chi connectivity index (χ1) is 11.2. The normalized spacial score (nSPS) is 20.9. The van der Waals surface area contributed by atoms with Crippen LogP contribution in [0.5, 0.6) is 0 Å². The van der Waals surface area contributed by atoms with Crippen LogP contribution in [0.3, 0.4) is 0 Å². The van der Waals surface area contributed by atoms with Crippen LogP contribution >= 0.6 is 0 Å². The van der Waals surface area contributed by atoms with Crippen LogP contribution in [0.25, 0.3) is 0 Å². The molecule has 0 aromatic rings. The highest BCUT2D eigenvalue weighted by Gasteiger charge is 2.35. The van der Waals surface area contributed by atoms with Crippen molar-refractivity contribution in [3.05, 3.63) is 36.5 Å². The lowest BCUT2D eigenvalue weighted by atomic mass is 10.1. The van der Waals surface area contributed by atoms with Crippen LogP contribution in [0.15, 0.2) is 36.5 Å². The summed E-state index contributed by atoms with van der Waals surface area (Å²) in [5.41, 5.74) is 0. The van der Waals surface area contributed by atoms with Crippen molar-refractivity contribution in [2.45, 2.75) is 83.3 Å². The van der Waals surface area contributed by atoms with Gasteiger partial charge in [0.2, 0.25) is 0 Å². The molecule has 1 saturated heterocycles. The molecule has 2 atom stereocenters. The first kappa shape index (κ1) is 19.7. The lowest BCUT2D eigenvalue weighted by Crippen LogP contribution is -1.92. The van der Waals surface area contributed by atoms with Crippen LogP contribution in [0.4, 0.5) is 0 Å². The minimum atomic E-state index is -0.715. The second kappa shape index (κ2) is 13.1. The van der Waals surface area contributed by atoms with Crippen LogP contribution < -0.4 is 0 Å². The molecule has 1 fully saturated rings. The molecule has 1 aliphatic rings. The van der Waals surface area contributed by atoms with Crippen molar-refractivity contribution in [2.24, 2.45) is 0 Å². The number of carboxylic acids is 1. The number of hydrogen-bond donors (Lipinski definition) is 1. The van der Waals surface area contributed by atoms with Gasteiger partial charge in [0, 0.05) is 6.42 Å². The standard InChI is InChI=1S/C20H32O3/c1-2-3-4-5-9-12-15-18-19(23-18)16-13-10-7-6-8-11-14-17-20(21)22/h6,8-10,12-13,18-19H,2-5,7,11,14-17H2,1H3,(H,21,22)/b8-6-,12-9-,13-10-/t18-,19+/m0/s1. The van der Waals surface area contributed by atoms with Crippen LogP contribution in [0, 0.1) is 0 Å². The third kappa shape index (κ3) is 11.8. The molecule has 0 aromatic carbocycles. The fourth-order valence-corrected chi connectivity index (χ4v) is 2.44. The second-order valence-electron chi connectivity index (χ2n) is 6.12. The summed E-state index contributed by atoms with van der Waals surface area (Å²) in [6.07, 6.45) is 23.8. The Bertz CT molecular complexity index is 396. The summed E-state index contributed by atoms with van der Waals surface area (Å²) in [7, 11) is 0. The van der Waals surface area contributed by atoms with E-state index in [0.717, 1.165) is 32.1 Å². The Morgan fingerprint density at radius 3 is 2.22 bits per heavy atom. The summed E-state index contributed by atoms with van der Waals surface area (Å²) in [5.74, 6) is -0.715. The van der Waals surface area contributed by atoms with Gasteiger partial charge >= 0.3 is 5.97 Å². The minimum Gasteiger partial charge on any atom is -0.481 e. The molecule has 1 rings (SSSR count). The molecule has 0 saturated carbocycles. The third-order valence-electron chi connectivity index (χ3n) is 3.93. The number of epoxide rings is 1. The molecule has 0 aliphatic carbocycles. The number of rotatable bonds is 14. The molecule has 1 heterocycles. The summed E-state index contributed by atoms with van der Waals surface area (Å²) in [6, 6.07) is 0. The molecule has 3 heteroatoms. The predicted molar refractivity (Wildman–Crippen MR) is 95.6 cm³/mol. The van der Waals surface area contributed by atoms with E-state index < -0.39 is 5.97 Å². The molecule has 130 valence electrons. The molecule has 0 radical (unpaired) electrons. The largest absolute Gasteiger partial charge is 0.481 e. The number of carboxylic acid groups (broad SMARTS) is 1. The summed E-state index contributed by atoms with van der Waals surface area (Å²) in [5, 5.41) is 8.52. The van der Waals surface area contributed by atoms with E-state index in [2.05, 4.69) is 43.4 Å². The molecule has 0 amide bonds. The van der Waals surface area contributed by atoms with Crippen molar-refractivity contribution in [1.82, 2.24) is 0 Å². The van der Waals surface area contributed by atoms with Gasteiger partial charge in [0.1, 0.15) is 0 Å². The van der Waals surface area contributed by atoms with Crippen molar-refractivity contribution in [1.29, 1.82) is 0 Å². The molecular weight excluding hydrogens is 288 g/mol. The molecular formula is C20H32O3. The Kier molecular flexibility index (Phi) is 11.2. The molecule has 0 bridgehead atoms. The molecule has 1 N–H and O–H groups in total. The van der Waals surface area contributed by atoms with E-state index in [0.29, 0.717) is 12.2 Å². The van der Waals surface area contributed by atoms with Gasteiger partial charge in [-0.15, -0.1) is 0 Å². The monoisotopic (exact) mass is 320 g/mol. The number of ether oxygens (including phenoxy) is 1. The average molecular weight is 320 g/mol. The summed E-state index contributed by atoms with van der Waals surface area (Å²) >= 11 is 0. The van der Waals surface area contributed by atoms with Crippen molar-refractivity contribution >= 4 is 5.97 Å². The second-order valence-corrected chi connectivity index (χ2v) is 6.12. The van der Waals surface area contributed by atoms with E-state index in [4.69, 9.17) is 9.84 Å². The SMILES string of the molecule is CCCCC/C=C\C[C@@H]1O[C@@H]1C/C=C\C/C=C\CCCC(=O)O. The highest BCUT2D eigenvalue weighted by Crippen LogP contribution is 2.29. The number of unbranched alkanes of at least 4 members (excludes halogenated alkanes) is 4. The molecule has 1 aliphatic heterocycles. The first-order valence-corrected chi connectivity index (χ1v) is 9.06. The summed E-state index contributed by atoms with van der Waals surface area (Å²) < 4.78 is 5.65. The van der Waals surface area contributed by atoms with E-state index in [1.165, 1.54) is 25.7 Å². The van der Waals surface area contributed by atoms with E-state index >= 15 is 0 Å². The Morgan fingerprint density at radius 1 is 0.913 bits per heavy atom. The maximum Gasteiger partial charge on any atom is 0.303 e. The van der Waals surface area contributed by atoms with Gasteiger partial charge < -0.3 is 9.84 Å². The van der Waals surface area contributed by atoms with Gasteiger partial charge in [-0.25, -0.2) is 0 Å². The maximum atomic E-state index is 10.3. The zero-order valence-electron chi connectivity index (χ0n) is 14.5. The van der Waals surface area contributed by atoms with Crippen molar-refractivity contribution in [3.63, 3.8) is 0 Å². The van der Waals surface area contributed by atoms with Crippen molar-refractivity contribution in [3.8, 4) is 0 Å². The quantitative estimate of drug-likeness (QED) is 0.264. The van der Waals surface area contributed by atoms with Gasteiger partial charge in [0.15, 0.2) is 0 Å². The predicted octanol–water partition coefficient (Wildman–Crippen LogP) is 5.43. The Labute approximate surface area is 141 Å². The fourth-order valence-electron chi connectivity index (χ4n) is 2.44. The topological polar surface area (TPSA) is 49.8 Å². The molecule has 0 spiro atoms. The van der Waals surface area contributed by atoms with E-state index in [-0.39, 0.29) is 6.42 Å². The Morgan fingerprint density at radius 2 is 1.52 bits per heavy atom. The van der Waals surface area contributed by atoms with Crippen LogP contribution in [0.2, 0.25) is 0 Å². The lowest BCUT2D eigenvalue weighted by molar-refractivity contribution is -0.137. The minimum absolute atomic E-state index is 0.258. The van der Waals surface area contributed by atoms with Gasteiger partial charge in [0.25, 0.3) is 0 Å². The van der Waals surface area contributed by atoms with Gasteiger partial charge in [0.05, 0.1) is 12.2 Å². The van der Waals surface area contributed by atoms with Crippen LogP contribution in [0.1, 0.15) is 71.1 Å². The molecule has 0 unspecified atom stereocenters. The van der Waals surface area contributed by atoms with Gasteiger partial charge in [-0.05, 0) is 44.9 Å². The Balaban J connectivity index is 1.92. The summed E-state index contributed by atoms with van der Waals surface area (Å²) in [6.45, 7) is 2.23. The molecule has 23 heavy (non-hydrogen) atoms. The van der Waals surface area contributed by atoms with Crippen LogP contribution in [-0.4, -0.2) is 23.3 Å². The maximum absolute atomic E-state index is 10.3. The zero-order chi connectivity index (χ0) is 16.8. The average Bonchev–Trinajstić information content (AvgIpc) is 3.27. The number of allylic oxidation sites excluding steroid dienone is 4. The van der Waals surface area contributed by atoms with Crippen LogP contribution in [-0.2, 0) is 9.53 Å². The van der Waals surface area contributed by atoms with E-state index in [9.17, 15) is 4.79 Å². The highest BCUT2D eigenvalue weighted by molar-refractivity contribution is 5.66.